The van der Waals surface area contributed by atoms with Crippen molar-refractivity contribution in [2.24, 2.45) is 34.3 Å². The van der Waals surface area contributed by atoms with Crippen molar-refractivity contribution in [3.05, 3.63) is 0 Å². The van der Waals surface area contributed by atoms with Crippen LogP contribution in [0.25, 0.3) is 0 Å². The Labute approximate surface area is 278 Å². The average Bonchev–Trinajstić information content (AvgIpc) is 3.38. The van der Waals surface area contributed by atoms with Gasteiger partial charge >= 0.3 is 6.03 Å². The minimum absolute atomic E-state index is 0.0131. The summed E-state index contributed by atoms with van der Waals surface area (Å²) < 4.78 is 0. The van der Waals surface area contributed by atoms with Gasteiger partial charge < -0.3 is 26.6 Å². The Morgan fingerprint density at radius 1 is 0.851 bits per heavy atom. The van der Waals surface area contributed by atoms with Gasteiger partial charge in [-0.25, -0.2) is 4.79 Å². The van der Waals surface area contributed by atoms with E-state index >= 15 is 0 Å². The summed E-state index contributed by atoms with van der Waals surface area (Å²) in [7, 11) is 0. The Kier molecular flexibility index (Phi) is 12.2. The van der Waals surface area contributed by atoms with Crippen molar-refractivity contribution < 1.29 is 33.6 Å². The lowest BCUT2D eigenvalue weighted by atomic mass is 9.80. The number of nitrogens with zero attached hydrogens (tertiary/aromatic N) is 2. The van der Waals surface area contributed by atoms with Crippen LogP contribution in [0, 0.1) is 28.6 Å². The highest BCUT2D eigenvalue weighted by Gasteiger charge is 2.48. The molecule has 0 aromatic heterocycles. The van der Waals surface area contributed by atoms with Gasteiger partial charge in [-0.2, -0.15) is 0 Å². The molecule has 0 aromatic rings. The molecule has 3 rings (SSSR count). The fourth-order valence-electron chi connectivity index (χ4n) is 6.69. The predicted octanol–water partition coefficient (Wildman–Crippen LogP) is 2.26. The summed E-state index contributed by atoms with van der Waals surface area (Å²) in [6, 6.07) is -4.26. The molecule has 0 aromatic carbocycles. The number of hydrogen-bond acceptors (Lipinski definition) is 7. The lowest BCUT2D eigenvalue weighted by Gasteiger charge is -2.39. The van der Waals surface area contributed by atoms with Crippen LogP contribution in [0.5, 0.6) is 0 Å². The topological polar surface area (TPSA) is 188 Å². The summed E-state index contributed by atoms with van der Waals surface area (Å²) in [5, 5.41) is 8.52. The minimum atomic E-state index is -1.11. The van der Waals surface area contributed by atoms with E-state index in [1.165, 1.54) is 9.80 Å². The van der Waals surface area contributed by atoms with E-state index in [-0.39, 0.29) is 55.5 Å². The number of hydrogen-bond donors (Lipinski definition) is 4. The van der Waals surface area contributed by atoms with E-state index in [1.807, 2.05) is 55.4 Å². The number of ketones is 1. The summed E-state index contributed by atoms with van der Waals surface area (Å²) in [4.78, 5) is 94.1. The highest BCUT2D eigenvalue weighted by molar-refractivity contribution is 6.37. The van der Waals surface area contributed by atoms with E-state index in [1.54, 1.807) is 0 Å². The first-order valence-corrected chi connectivity index (χ1v) is 17.1. The number of carbonyl (C=O) groups is 7. The number of likely N-dealkylation sites (tertiary alicyclic amines) is 2. The molecule has 0 spiro atoms. The van der Waals surface area contributed by atoms with Crippen LogP contribution in [0.15, 0.2) is 0 Å². The summed E-state index contributed by atoms with van der Waals surface area (Å²) in [6.07, 6.45) is 4.75. The van der Waals surface area contributed by atoms with E-state index in [0.29, 0.717) is 19.3 Å². The fraction of sp³-hybridized carbons (Fsp3) is 0.794. The second-order valence-electron chi connectivity index (χ2n) is 16.1. The first-order valence-electron chi connectivity index (χ1n) is 17.1. The maximum atomic E-state index is 14.3. The van der Waals surface area contributed by atoms with Gasteiger partial charge in [-0.05, 0) is 47.8 Å². The van der Waals surface area contributed by atoms with Crippen molar-refractivity contribution in [3.63, 3.8) is 0 Å². The predicted molar refractivity (Wildman–Crippen MR) is 175 cm³/mol. The van der Waals surface area contributed by atoms with E-state index < -0.39 is 64.5 Å². The molecule has 3 fully saturated rings. The van der Waals surface area contributed by atoms with Crippen molar-refractivity contribution in [1.82, 2.24) is 25.8 Å². The Bertz CT molecular complexity index is 1220. The number of urea groups is 1. The second kappa shape index (κ2) is 15.1. The highest BCUT2D eigenvalue weighted by Crippen LogP contribution is 2.35. The zero-order valence-electron chi connectivity index (χ0n) is 29.4. The summed E-state index contributed by atoms with van der Waals surface area (Å²) >= 11 is 0. The molecule has 13 nitrogen and oxygen atoms in total. The summed E-state index contributed by atoms with van der Waals surface area (Å²) in [5.74, 6) is -3.45. The van der Waals surface area contributed by atoms with Crippen LogP contribution < -0.4 is 21.7 Å². The zero-order valence-corrected chi connectivity index (χ0v) is 29.4. The third-order valence-corrected chi connectivity index (χ3v) is 10.0. The van der Waals surface area contributed by atoms with Crippen LogP contribution in [0.2, 0.25) is 0 Å². The number of primary amides is 1. The largest absolute Gasteiger partial charge is 0.363 e. The molecule has 3 aliphatic rings. The average molecular weight is 661 g/mol. The lowest BCUT2D eigenvalue weighted by molar-refractivity contribution is -0.148. The molecule has 264 valence electrons. The van der Waals surface area contributed by atoms with E-state index in [4.69, 9.17) is 5.73 Å². The van der Waals surface area contributed by atoms with Crippen LogP contribution >= 0.6 is 0 Å². The van der Waals surface area contributed by atoms with Gasteiger partial charge in [0.25, 0.3) is 5.91 Å². The molecular formula is C34H56N6O7. The van der Waals surface area contributed by atoms with E-state index in [0.717, 1.165) is 19.3 Å². The van der Waals surface area contributed by atoms with Crippen molar-refractivity contribution in [1.29, 1.82) is 0 Å². The van der Waals surface area contributed by atoms with Gasteiger partial charge in [0.1, 0.15) is 12.1 Å². The molecule has 5 N–H and O–H groups in total. The van der Waals surface area contributed by atoms with Crippen LogP contribution in [0.3, 0.4) is 0 Å². The Morgan fingerprint density at radius 3 is 1.91 bits per heavy atom. The van der Waals surface area contributed by atoms with Crippen LogP contribution in [0.4, 0.5) is 4.79 Å². The standard InChI is InChI=1S/C34H56N6O7/c1-19(2)21-15-16-39(26(21)30(45)36-22(27(43)29(35)44)17-20-11-9-12-20)31(46)28(34(6,7)8)38-32(47)37-23(33(3,4)5)18-40-24(41)13-10-14-25(40)42/h19-23,26,28H,9-18H2,1-8H3,(H2,35,44)(H,36,45)(H2,37,38,47)/t21-,22-,23-,26+,28-/m1/s1. The number of piperidine rings is 1. The molecular weight excluding hydrogens is 604 g/mol. The lowest BCUT2D eigenvalue weighted by Crippen LogP contribution is -2.62. The van der Waals surface area contributed by atoms with Gasteiger partial charge in [-0.15, -0.1) is 0 Å². The van der Waals surface area contributed by atoms with Crippen molar-refractivity contribution in [3.8, 4) is 0 Å². The van der Waals surface area contributed by atoms with E-state index in [2.05, 4.69) is 16.0 Å². The molecule has 1 saturated carbocycles. The second-order valence-corrected chi connectivity index (χ2v) is 16.1. The van der Waals surface area contributed by atoms with Gasteiger partial charge in [0.15, 0.2) is 0 Å². The molecule has 0 unspecified atom stereocenters. The molecule has 7 amide bonds. The minimum Gasteiger partial charge on any atom is -0.363 e. The van der Waals surface area contributed by atoms with Crippen molar-refractivity contribution >= 4 is 41.4 Å². The van der Waals surface area contributed by atoms with E-state index in [9.17, 15) is 33.6 Å². The van der Waals surface area contributed by atoms with Crippen molar-refractivity contribution in [2.75, 3.05) is 13.1 Å². The third-order valence-electron chi connectivity index (χ3n) is 10.0. The van der Waals surface area contributed by atoms with Gasteiger partial charge in [-0.1, -0.05) is 74.7 Å². The molecule has 2 aliphatic heterocycles. The smallest absolute Gasteiger partial charge is 0.315 e. The summed E-state index contributed by atoms with van der Waals surface area (Å²) in [6.45, 7) is 15.3. The number of nitrogens with two attached hydrogens (primary N) is 1. The van der Waals surface area contributed by atoms with Crippen LogP contribution in [-0.2, 0) is 28.8 Å². The SMILES string of the molecule is CC(C)[C@H]1CCN(C(=O)[C@@H](NC(=O)N[C@H](CN2C(=O)CCCC2=O)C(C)(C)C)C(C)(C)C)[C@@H]1C(=O)N[C@H](CC1CCC1)C(=O)C(N)=O. The molecule has 2 heterocycles. The molecule has 47 heavy (non-hydrogen) atoms. The maximum absolute atomic E-state index is 14.3. The quantitative estimate of drug-likeness (QED) is 0.182. The van der Waals surface area contributed by atoms with Gasteiger partial charge in [0.05, 0.1) is 12.1 Å². The van der Waals surface area contributed by atoms with Gasteiger partial charge in [-0.3, -0.25) is 33.7 Å². The molecule has 0 bridgehead atoms. The molecule has 0 radical (unpaired) electrons. The Hall–Kier alpha value is -3.51. The first kappa shape index (κ1) is 37.9. The normalized spacial score (nSPS) is 22.7. The Balaban J connectivity index is 1.82. The maximum Gasteiger partial charge on any atom is 0.315 e. The third kappa shape index (κ3) is 9.53. The number of rotatable bonds is 12. The number of amides is 7. The van der Waals surface area contributed by atoms with Gasteiger partial charge in [0, 0.05) is 25.9 Å². The van der Waals surface area contributed by atoms with Gasteiger partial charge in [0.2, 0.25) is 29.4 Å². The number of carbonyl (C=O) groups excluding carboxylic acids is 7. The molecule has 5 atom stereocenters. The Morgan fingerprint density at radius 2 is 1.45 bits per heavy atom. The van der Waals surface area contributed by atoms with Crippen LogP contribution in [0.1, 0.15) is 107 Å². The molecule has 2 saturated heterocycles. The van der Waals surface area contributed by atoms with Crippen LogP contribution in [-0.4, -0.2) is 88.4 Å². The first-order chi connectivity index (χ1) is 21.7. The molecule has 13 heteroatoms. The highest BCUT2D eigenvalue weighted by atomic mass is 16.2. The number of nitrogens with one attached hydrogen (secondary N) is 3. The monoisotopic (exact) mass is 660 g/mol. The fourth-order valence-corrected chi connectivity index (χ4v) is 6.69. The zero-order chi connectivity index (χ0) is 35.4. The number of Topliss-reactive ketones (excluding diaryl/α,β-unsaturated/α-hetero) is 1. The molecule has 1 aliphatic carbocycles. The van der Waals surface area contributed by atoms with Crippen molar-refractivity contribution in [2.45, 2.75) is 131 Å². The summed E-state index contributed by atoms with van der Waals surface area (Å²) in [5.41, 5.74) is 4.03. The number of imide groups is 1.